The fraction of sp³-hybridized carbons (Fsp3) is 0. The summed E-state index contributed by atoms with van der Waals surface area (Å²) in [6.07, 6.45) is 5.25. The summed E-state index contributed by atoms with van der Waals surface area (Å²) in [4.78, 5) is 3.75. The molecular weight excluding hydrogens is 143 g/mol. The average molecular weight is 146 g/mol. The molecule has 31 valence electrons. The van der Waals surface area contributed by atoms with E-state index in [0.717, 1.165) is 0 Å². The number of hydrogen-bond acceptors (Lipinski definition) is 1. The normalized spacial score (nSPS) is 8.67. The minimum atomic E-state index is 1.69. The van der Waals surface area contributed by atoms with Crippen molar-refractivity contribution in [1.29, 1.82) is 0 Å². The van der Waals surface area contributed by atoms with Crippen LogP contribution in [0, 0.1) is 0 Å². The van der Waals surface area contributed by atoms with Crippen molar-refractivity contribution in [1.82, 2.24) is 8.57 Å². The van der Waals surface area contributed by atoms with E-state index in [9.17, 15) is 0 Å². The molecule has 0 saturated heterocycles. The van der Waals surface area contributed by atoms with E-state index in [-0.39, 0.29) is 0 Å². The number of hydrogen-bond donors (Lipinski definition) is 0. The molecule has 0 spiro atoms. The van der Waals surface area contributed by atoms with Crippen LogP contribution in [0.1, 0.15) is 0 Å². The first-order chi connectivity index (χ1) is 2.89. The molecule has 1 radical (unpaired) electrons. The van der Waals surface area contributed by atoms with Crippen LogP contribution in [0.15, 0.2) is 18.7 Å². The van der Waals surface area contributed by atoms with Gasteiger partial charge in [-0.3, -0.25) is 0 Å². The van der Waals surface area contributed by atoms with Gasteiger partial charge in [0.25, 0.3) is 0 Å². The Bertz CT molecular complexity index is 112. The van der Waals surface area contributed by atoms with Crippen LogP contribution in [0.5, 0.6) is 0 Å². The van der Waals surface area contributed by atoms with Crippen molar-refractivity contribution in [2.75, 3.05) is 0 Å². The van der Waals surface area contributed by atoms with Crippen LogP contribution in [-0.4, -0.2) is 24.8 Å². The standard InChI is InChI=1S/C3H3N2Se/c6-5-2-1-4-3-5/h1-3H. The van der Waals surface area contributed by atoms with Gasteiger partial charge in [-0.25, -0.2) is 0 Å². The number of nitrogens with zero attached hydrogens (tertiary/aromatic N) is 2. The van der Waals surface area contributed by atoms with Gasteiger partial charge in [0.05, 0.1) is 0 Å². The molecule has 6 heavy (non-hydrogen) atoms. The quantitative estimate of drug-likeness (QED) is 0.464. The van der Waals surface area contributed by atoms with E-state index in [2.05, 4.69) is 21.2 Å². The maximum atomic E-state index is 3.75. The summed E-state index contributed by atoms with van der Waals surface area (Å²) in [6, 6.07) is 0. The Labute approximate surface area is 44.2 Å². The zero-order valence-corrected chi connectivity index (χ0v) is 4.75. The molecule has 1 aromatic heterocycles. The van der Waals surface area contributed by atoms with E-state index in [1.54, 1.807) is 16.1 Å². The Kier molecular flexibility index (Phi) is 0.945. The summed E-state index contributed by atoms with van der Waals surface area (Å²) in [6.45, 7) is 0. The van der Waals surface area contributed by atoms with Crippen molar-refractivity contribution in [3.63, 3.8) is 0 Å². The monoisotopic (exact) mass is 147 g/mol. The molecular formula is C3H3N2Se. The minimum absolute atomic E-state index is 1.69. The van der Waals surface area contributed by atoms with Crippen molar-refractivity contribution in [2.45, 2.75) is 0 Å². The second kappa shape index (κ2) is 1.45. The predicted octanol–water partition coefficient (Wildman–Crippen LogP) is -0.185. The first-order valence-electron chi connectivity index (χ1n) is 1.55. The molecule has 0 fully saturated rings. The molecule has 0 aliphatic carbocycles. The molecule has 0 saturated carbocycles. The predicted molar refractivity (Wildman–Crippen MR) is 23.4 cm³/mol. The van der Waals surface area contributed by atoms with Gasteiger partial charge in [0, 0.05) is 0 Å². The van der Waals surface area contributed by atoms with Crippen molar-refractivity contribution < 1.29 is 0 Å². The van der Waals surface area contributed by atoms with Gasteiger partial charge in [0.15, 0.2) is 0 Å². The fourth-order valence-electron chi connectivity index (χ4n) is 0.247. The third-order valence-corrected chi connectivity index (χ3v) is 0.933. The van der Waals surface area contributed by atoms with Crippen LogP contribution in [-0.2, 0) is 0 Å². The Morgan fingerprint density at radius 2 is 2.50 bits per heavy atom. The zero-order chi connectivity index (χ0) is 4.41. The third kappa shape index (κ3) is 0.614. The van der Waals surface area contributed by atoms with E-state index in [0.29, 0.717) is 0 Å². The second-order valence-corrected chi connectivity index (χ2v) is 1.81. The fourth-order valence-corrected chi connectivity index (χ4v) is 0.475. The first-order valence-corrected chi connectivity index (χ1v) is 2.31. The van der Waals surface area contributed by atoms with E-state index in [1.807, 2.05) is 6.20 Å². The van der Waals surface area contributed by atoms with Gasteiger partial charge in [0.1, 0.15) is 0 Å². The van der Waals surface area contributed by atoms with Gasteiger partial charge in [-0.2, -0.15) is 0 Å². The van der Waals surface area contributed by atoms with Gasteiger partial charge >= 0.3 is 43.5 Å². The van der Waals surface area contributed by atoms with Crippen molar-refractivity contribution in [2.24, 2.45) is 0 Å². The average Bonchev–Trinajstić information content (AvgIpc) is 1.86. The van der Waals surface area contributed by atoms with E-state index < -0.39 is 0 Å². The first kappa shape index (κ1) is 3.90. The molecule has 0 bridgehead atoms. The molecule has 1 rings (SSSR count). The van der Waals surface area contributed by atoms with Crippen molar-refractivity contribution in [3.8, 4) is 0 Å². The van der Waals surface area contributed by atoms with E-state index in [1.165, 1.54) is 0 Å². The molecule has 0 aromatic carbocycles. The number of imidazole rings is 1. The Morgan fingerprint density at radius 3 is 2.67 bits per heavy atom. The summed E-state index contributed by atoms with van der Waals surface area (Å²) >= 11 is 2.74. The molecule has 0 amide bonds. The zero-order valence-electron chi connectivity index (χ0n) is 3.03. The van der Waals surface area contributed by atoms with Gasteiger partial charge in [-0.1, -0.05) is 0 Å². The number of aromatic nitrogens is 2. The topological polar surface area (TPSA) is 17.8 Å². The molecule has 0 N–H and O–H groups in total. The van der Waals surface area contributed by atoms with Crippen LogP contribution >= 0.6 is 0 Å². The second-order valence-electron chi connectivity index (χ2n) is 0.923. The van der Waals surface area contributed by atoms with Crippen molar-refractivity contribution >= 4 is 16.2 Å². The van der Waals surface area contributed by atoms with Gasteiger partial charge in [-0.05, 0) is 0 Å². The molecule has 3 heteroatoms. The van der Waals surface area contributed by atoms with Gasteiger partial charge in [0.2, 0.25) is 0 Å². The van der Waals surface area contributed by atoms with Crippen LogP contribution in [0.4, 0.5) is 0 Å². The summed E-state index contributed by atoms with van der Waals surface area (Å²) in [5.41, 5.74) is 0. The summed E-state index contributed by atoms with van der Waals surface area (Å²) in [5, 5.41) is 0. The van der Waals surface area contributed by atoms with Crippen LogP contribution in [0.3, 0.4) is 0 Å². The molecule has 2 nitrogen and oxygen atoms in total. The van der Waals surface area contributed by atoms with Crippen LogP contribution in [0.25, 0.3) is 0 Å². The van der Waals surface area contributed by atoms with Gasteiger partial charge < -0.3 is 0 Å². The maximum absolute atomic E-state index is 3.75. The Balaban J connectivity index is 3.05. The molecule has 0 aliphatic heterocycles. The number of rotatable bonds is 0. The van der Waals surface area contributed by atoms with E-state index in [4.69, 9.17) is 0 Å². The van der Waals surface area contributed by atoms with Crippen molar-refractivity contribution in [3.05, 3.63) is 18.7 Å². The summed E-state index contributed by atoms with van der Waals surface area (Å²) < 4.78 is 1.76. The van der Waals surface area contributed by atoms with Gasteiger partial charge in [-0.15, -0.1) is 0 Å². The molecule has 1 aromatic rings. The summed E-state index contributed by atoms with van der Waals surface area (Å²) in [5.74, 6) is 0. The van der Waals surface area contributed by atoms with E-state index >= 15 is 0 Å². The van der Waals surface area contributed by atoms with Crippen LogP contribution < -0.4 is 0 Å². The summed E-state index contributed by atoms with van der Waals surface area (Å²) in [7, 11) is 0. The van der Waals surface area contributed by atoms with Crippen LogP contribution in [0.2, 0.25) is 0 Å². The Hall–Kier alpha value is -0.271. The third-order valence-electron chi connectivity index (χ3n) is 0.480. The molecule has 0 aliphatic rings. The Morgan fingerprint density at radius 1 is 1.67 bits per heavy atom. The SMILES string of the molecule is [Se]n1ccnc1. The molecule has 0 unspecified atom stereocenters. The molecule has 0 atom stereocenters. The molecule has 1 heterocycles.